The van der Waals surface area contributed by atoms with E-state index in [1.165, 1.54) is 24.3 Å². The highest BCUT2D eigenvalue weighted by Crippen LogP contribution is 2.34. The minimum atomic E-state index is 0.374. The predicted molar refractivity (Wildman–Crippen MR) is 81.9 cm³/mol. The summed E-state index contributed by atoms with van der Waals surface area (Å²) in [6, 6.07) is 11.9. The number of hydrogen-bond donors (Lipinski definition) is 2. The van der Waals surface area contributed by atoms with Gasteiger partial charge < -0.3 is 10.4 Å². The Morgan fingerprint density at radius 1 is 1.16 bits per heavy atom. The number of piperidine rings is 1. The summed E-state index contributed by atoms with van der Waals surface area (Å²) < 4.78 is 0. The Hall–Kier alpha value is -1.19. The first-order valence-corrected chi connectivity index (χ1v) is 7.87. The highest BCUT2D eigenvalue weighted by molar-refractivity contribution is 7.99. The zero-order valence-corrected chi connectivity index (χ0v) is 11.7. The molecule has 1 heterocycles. The first kappa shape index (κ1) is 12.8. The van der Waals surface area contributed by atoms with Crippen LogP contribution in [0.25, 0.3) is 10.8 Å². The normalized spacial score (nSPS) is 19.7. The molecule has 3 rings (SSSR count). The van der Waals surface area contributed by atoms with E-state index >= 15 is 0 Å². The largest absolute Gasteiger partial charge is 0.507 e. The van der Waals surface area contributed by atoms with Gasteiger partial charge in [0.25, 0.3) is 0 Å². The maximum atomic E-state index is 9.89. The van der Waals surface area contributed by atoms with Crippen molar-refractivity contribution in [2.75, 3.05) is 18.8 Å². The molecule has 2 aromatic rings. The van der Waals surface area contributed by atoms with E-state index in [4.69, 9.17) is 0 Å². The SMILES string of the molecule is Oc1ccc(SCC2CCCNC2)c2ccccc12. The maximum Gasteiger partial charge on any atom is 0.123 e. The average molecular weight is 273 g/mol. The molecule has 0 aliphatic carbocycles. The molecule has 19 heavy (non-hydrogen) atoms. The first-order chi connectivity index (χ1) is 9.34. The van der Waals surface area contributed by atoms with Gasteiger partial charge in [-0.05, 0) is 49.4 Å². The van der Waals surface area contributed by atoms with Gasteiger partial charge >= 0.3 is 0 Å². The van der Waals surface area contributed by atoms with Crippen molar-refractivity contribution in [3.8, 4) is 5.75 Å². The zero-order valence-electron chi connectivity index (χ0n) is 10.9. The fourth-order valence-electron chi connectivity index (χ4n) is 2.66. The molecule has 0 saturated carbocycles. The van der Waals surface area contributed by atoms with Crippen LogP contribution >= 0.6 is 11.8 Å². The van der Waals surface area contributed by atoms with Crippen molar-refractivity contribution in [1.29, 1.82) is 0 Å². The summed E-state index contributed by atoms with van der Waals surface area (Å²) in [7, 11) is 0. The van der Waals surface area contributed by atoms with Gasteiger partial charge in [0.15, 0.2) is 0 Å². The van der Waals surface area contributed by atoms with E-state index in [-0.39, 0.29) is 0 Å². The van der Waals surface area contributed by atoms with Gasteiger partial charge in [-0.2, -0.15) is 0 Å². The molecule has 2 N–H and O–H groups in total. The molecule has 2 aromatic carbocycles. The Morgan fingerprint density at radius 3 is 2.79 bits per heavy atom. The highest BCUT2D eigenvalue weighted by Gasteiger charge is 2.14. The van der Waals surface area contributed by atoms with Gasteiger partial charge in [0.2, 0.25) is 0 Å². The molecule has 2 nitrogen and oxygen atoms in total. The number of nitrogens with one attached hydrogen (secondary N) is 1. The number of rotatable bonds is 3. The van der Waals surface area contributed by atoms with Crippen LogP contribution < -0.4 is 5.32 Å². The van der Waals surface area contributed by atoms with Crippen LogP contribution in [0.2, 0.25) is 0 Å². The second kappa shape index (κ2) is 5.85. The second-order valence-electron chi connectivity index (χ2n) is 5.15. The van der Waals surface area contributed by atoms with Crippen LogP contribution in [0.5, 0.6) is 5.75 Å². The van der Waals surface area contributed by atoms with Gasteiger partial charge in [-0.3, -0.25) is 0 Å². The summed E-state index contributed by atoms with van der Waals surface area (Å²) in [5.41, 5.74) is 0. The number of phenolic OH excluding ortho intramolecular Hbond substituents is 1. The summed E-state index contributed by atoms with van der Waals surface area (Å²) in [5.74, 6) is 2.30. The van der Waals surface area contributed by atoms with Crippen LogP contribution in [0.3, 0.4) is 0 Å². The monoisotopic (exact) mass is 273 g/mol. The van der Waals surface area contributed by atoms with E-state index in [1.54, 1.807) is 0 Å². The molecule has 0 amide bonds. The molecule has 1 unspecified atom stereocenters. The van der Waals surface area contributed by atoms with E-state index in [0.29, 0.717) is 5.75 Å². The fraction of sp³-hybridized carbons (Fsp3) is 0.375. The van der Waals surface area contributed by atoms with Gasteiger partial charge in [0, 0.05) is 16.0 Å². The minimum absolute atomic E-state index is 0.374. The van der Waals surface area contributed by atoms with Crippen molar-refractivity contribution < 1.29 is 5.11 Å². The van der Waals surface area contributed by atoms with E-state index < -0.39 is 0 Å². The second-order valence-corrected chi connectivity index (χ2v) is 6.21. The molecule has 100 valence electrons. The molecular formula is C16H19NOS. The molecule has 1 fully saturated rings. The van der Waals surface area contributed by atoms with Gasteiger partial charge in [0.05, 0.1) is 0 Å². The lowest BCUT2D eigenvalue weighted by molar-refractivity contribution is 0.410. The number of thioether (sulfide) groups is 1. The van der Waals surface area contributed by atoms with Crippen LogP contribution in [0.4, 0.5) is 0 Å². The Morgan fingerprint density at radius 2 is 2.00 bits per heavy atom. The quantitative estimate of drug-likeness (QED) is 0.837. The Kier molecular flexibility index (Phi) is 3.95. The number of aromatic hydroxyl groups is 1. The lowest BCUT2D eigenvalue weighted by atomic mass is 10.0. The fourth-order valence-corrected chi connectivity index (χ4v) is 3.85. The molecular weight excluding hydrogens is 254 g/mol. The minimum Gasteiger partial charge on any atom is -0.507 e. The molecule has 0 aromatic heterocycles. The average Bonchev–Trinajstić information content (AvgIpc) is 2.48. The van der Waals surface area contributed by atoms with Crippen molar-refractivity contribution >= 4 is 22.5 Å². The number of fused-ring (bicyclic) bond motifs is 1. The van der Waals surface area contributed by atoms with Gasteiger partial charge in [-0.1, -0.05) is 24.3 Å². The van der Waals surface area contributed by atoms with E-state index in [0.717, 1.165) is 29.0 Å². The maximum absolute atomic E-state index is 9.89. The zero-order chi connectivity index (χ0) is 13.1. The molecule has 0 bridgehead atoms. The van der Waals surface area contributed by atoms with E-state index in [1.807, 2.05) is 42.1 Å². The van der Waals surface area contributed by atoms with Gasteiger partial charge in [-0.15, -0.1) is 11.8 Å². The number of phenols is 1. The third kappa shape index (κ3) is 2.88. The van der Waals surface area contributed by atoms with Crippen molar-refractivity contribution in [2.24, 2.45) is 5.92 Å². The van der Waals surface area contributed by atoms with Crippen molar-refractivity contribution in [3.63, 3.8) is 0 Å². The van der Waals surface area contributed by atoms with E-state index in [2.05, 4.69) is 11.4 Å². The van der Waals surface area contributed by atoms with Gasteiger partial charge in [-0.25, -0.2) is 0 Å². The first-order valence-electron chi connectivity index (χ1n) is 6.89. The van der Waals surface area contributed by atoms with Crippen molar-refractivity contribution in [2.45, 2.75) is 17.7 Å². The number of benzene rings is 2. The smallest absolute Gasteiger partial charge is 0.123 e. The third-order valence-electron chi connectivity index (χ3n) is 3.73. The molecule has 1 saturated heterocycles. The van der Waals surface area contributed by atoms with Crippen LogP contribution in [-0.2, 0) is 0 Å². The lowest BCUT2D eigenvalue weighted by Crippen LogP contribution is -2.30. The molecule has 3 heteroatoms. The van der Waals surface area contributed by atoms with Crippen LogP contribution in [-0.4, -0.2) is 23.9 Å². The van der Waals surface area contributed by atoms with Crippen LogP contribution in [0.15, 0.2) is 41.3 Å². The van der Waals surface area contributed by atoms with Crippen LogP contribution in [0.1, 0.15) is 12.8 Å². The summed E-state index contributed by atoms with van der Waals surface area (Å²) in [4.78, 5) is 1.28. The topological polar surface area (TPSA) is 32.3 Å². The molecule has 1 atom stereocenters. The highest BCUT2D eigenvalue weighted by atomic mass is 32.2. The summed E-state index contributed by atoms with van der Waals surface area (Å²) in [5, 5.41) is 15.5. The lowest BCUT2D eigenvalue weighted by Gasteiger charge is -2.22. The summed E-state index contributed by atoms with van der Waals surface area (Å²) in [6.45, 7) is 2.31. The Bertz CT molecular complexity index is 564. The van der Waals surface area contributed by atoms with Crippen molar-refractivity contribution in [1.82, 2.24) is 5.32 Å². The Balaban J connectivity index is 1.79. The van der Waals surface area contributed by atoms with E-state index in [9.17, 15) is 5.11 Å². The predicted octanol–water partition coefficient (Wildman–Crippen LogP) is 3.64. The Labute approximate surface area is 118 Å². The van der Waals surface area contributed by atoms with Crippen molar-refractivity contribution in [3.05, 3.63) is 36.4 Å². The number of hydrogen-bond acceptors (Lipinski definition) is 3. The van der Waals surface area contributed by atoms with Gasteiger partial charge in [0.1, 0.15) is 5.75 Å². The summed E-state index contributed by atoms with van der Waals surface area (Å²) >= 11 is 1.91. The summed E-state index contributed by atoms with van der Waals surface area (Å²) in [6.07, 6.45) is 2.62. The molecule has 1 aliphatic heterocycles. The third-order valence-corrected chi connectivity index (χ3v) is 5.04. The van der Waals surface area contributed by atoms with Crippen LogP contribution in [0, 0.1) is 5.92 Å². The molecule has 0 spiro atoms. The molecule has 0 radical (unpaired) electrons. The molecule has 1 aliphatic rings. The standard InChI is InChI=1S/C16H19NOS/c18-15-7-8-16(14-6-2-1-5-13(14)15)19-11-12-4-3-9-17-10-12/h1-2,5-8,12,17-18H,3-4,9-11H2.